The molecule has 0 atom stereocenters. The van der Waals surface area contributed by atoms with Gasteiger partial charge >= 0.3 is 0 Å². The number of rotatable bonds is 4. The first kappa shape index (κ1) is 17.0. The van der Waals surface area contributed by atoms with Gasteiger partial charge in [0.15, 0.2) is 0 Å². The van der Waals surface area contributed by atoms with Gasteiger partial charge in [0.1, 0.15) is 0 Å². The Kier molecular flexibility index (Phi) is 3.99. The van der Waals surface area contributed by atoms with E-state index in [2.05, 4.69) is 81.3 Å². The van der Waals surface area contributed by atoms with Gasteiger partial charge in [0.05, 0.1) is 17.4 Å². The highest BCUT2D eigenvalue weighted by atomic mass is 32.1. The van der Waals surface area contributed by atoms with Gasteiger partial charge in [-0.25, -0.2) is 4.98 Å². The molecule has 6 rings (SSSR count). The Morgan fingerprint density at radius 2 is 1.86 bits per heavy atom. The number of H-pyrrole nitrogens is 1. The summed E-state index contributed by atoms with van der Waals surface area (Å²) >= 11 is 1.82. The normalized spacial score (nSPS) is 14.1. The Morgan fingerprint density at radius 1 is 1.00 bits per heavy atom. The molecule has 0 spiro atoms. The van der Waals surface area contributed by atoms with E-state index in [1.807, 2.05) is 11.3 Å². The molecule has 3 nitrogen and oxygen atoms in total. The summed E-state index contributed by atoms with van der Waals surface area (Å²) in [6.07, 6.45) is 4.03. The largest absolute Gasteiger partial charge is 0.345 e. The number of thiophene rings is 1. The molecular formula is C25H21N3S. The van der Waals surface area contributed by atoms with Gasteiger partial charge in [0, 0.05) is 28.2 Å². The maximum Gasteiger partial charge on any atom is 0.0931 e. The monoisotopic (exact) mass is 395 g/mol. The molecule has 2 heterocycles. The van der Waals surface area contributed by atoms with Crippen molar-refractivity contribution in [2.24, 2.45) is 0 Å². The van der Waals surface area contributed by atoms with Gasteiger partial charge in [-0.1, -0.05) is 42.5 Å². The van der Waals surface area contributed by atoms with E-state index in [-0.39, 0.29) is 0 Å². The fraction of sp³-hybridized carbons (Fsp3) is 0.160. The number of benzene rings is 3. The van der Waals surface area contributed by atoms with Crippen LogP contribution in [0.1, 0.15) is 16.7 Å². The third kappa shape index (κ3) is 3.05. The van der Waals surface area contributed by atoms with Gasteiger partial charge in [0.25, 0.3) is 0 Å². The molecule has 0 amide bonds. The first-order valence-corrected chi connectivity index (χ1v) is 11.0. The lowest BCUT2D eigenvalue weighted by Gasteiger charge is -2.12. The van der Waals surface area contributed by atoms with Crippen LogP contribution >= 0.6 is 11.3 Å². The molecule has 0 radical (unpaired) electrons. The number of hydrogen-bond donors (Lipinski definition) is 2. The van der Waals surface area contributed by atoms with E-state index in [9.17, 15) is 0 Å². The number of nitrogens with one attached hydrogen (secondary N) is 2. The lowest BCUT2D eigenvalue weighted by atomic mass is 10.0. The van der Waals surface area contributed by atoms with Crippen LogP contribution in [-0.4, -0.2) is 16.0 Å². The number of aromatic nitrogens is 2. The number of aromatic amines is 1. The minimum atomic E-state index is 0.545. The molecule has 0 saturated heterocycles. The van der Waals surface area contributed by atoms with Gasteiger partial charge in [0.2, 0.25) is 0 Å². The van der Waals surface area contributed by atoms with Crippen molar-refractivity contribution in [1.29, 1.82) is 0 Å². The summed E-state index contributed by atoms with van der Waals surface area (Å²) in [5.74, 6) is 0. The maximum absolute atomic E-state index is 4.32. The highest BCUT2D eigenvalue weighted by molar-refractivity contribution is 7.17. The molecule has 2 N–H and O–H groups in total. The maximum atomic E-state index is 4.32. The fourth-order valence-corrected chi connectivity index (χ4v) is 5.51. The second-order valence-electron chi connectivity index (χ2n) is 7.87. The summed E-state index contributed by atoms with van der Waals surface area (Å²) in [4.78, 5) is 7.53. The lowest BCUT2D eigenvalue weighted by Crippen LogP contribution is -2.28. The molecular weight excluding hydrogens is 374 g/mol. The second kappa shape index (κ2) is 6.83. The van der Waals surface area contributed by atoms with Crippen LogP contribution in [0.5, 0.6) is 0 Å². The Morgan fingerprint density at radius 3 is 2.72 bits per heavy atom. The first-order valence-electron chi connectivity index (χ1n) is 10.1. The third-order valence-corrected chi connectivity index (χ3v) is 6.96. The van der Waals surface area contributed by atoms with E-state index in [1.54, 1.807) is 6.33 Å². The van der Waals surface area contributed by atoms with Crippen LogP contribution in [0.4, 0.5) is 0 Å². The van der Waals surface area contributed by atoms with Crippen molar-refractivity contribution in [1.82, 2.24) is 15.3 Å². The summed E-state index contributed by atoms with van der Waals surface area (Å²) < 4.78 is 1.35. The SMILES string of the molecule is c1ccc2c(c1)CC(NCc1ccc3c(-c4ccc5nc[nH]c5c4)csc3c1)C2. The van der Waals surface area contributed by atoms with Crippen LogP contribution in [0.2, 0.25) is 0 Å². The van der Waals surface area contributed by atoms with Crippen molar-refractivity contribution in [2.45, 2.75) is 25.4 Å². The molecule has 4 heteroatoms. The smallest absolute Gasteiger partial charge is 0.0931 e. The zero-order valence-electron chi connectivity index (χ0n) is 16.0. The van der Waals surface area contributed by atoms with Gasteiger partial charge in [-0.2, -0.15) is 0 Å². The Balaban J connectivity index is 1.22. The fourth-order valence-electron chi connectivity index (χ4n) is 4.47. The molecule has 1 aliphatic carbocycles. The molecule has 2 aromatic heterocycles. The number of hydrogen-bond acceptors (Lipinski definition) is 3. The number of fused-ring (bicyclic) bond motifs is 3. The highest BCUT2D eigenvalue weighted by Crippen LogP contribution is 2.35. The van der Waals surface area contributed by atoms with Crippen molar-refractivity contribution >= 4 is 32.5 Å². The molecule has 5 aromatic rings. The van der Waals surface area contributed by atoms with E-state index in [1.165, 1.54) is 37.9 Å². The molecule has 0 fully saturated rings. The minimum absolute atomic E-state index is 0.545. The molecule has 0 bridgehead atoms. The standard InChI is InChI=1S/C25H21N3S/c1-2-4-18-11-20(10-17(18)3-1)26-13-16-5-7-21-22(14-29-25(21)9-16)19-6-8-23-24(12-19)28-15-27-23/h1-9,12,14-15,20,26H,10-11,13H2,(H,27,28). The van der Waals surface area contributed by atoms with Crippen LogP contribution in [0.3, 0.4) is 0 Å². The molecule has 29 heavy (non-hydrogen) atoms. The highest BCUT2D eigenvalue weighted by Gasteiger charge is 2.20. The second-order valence-corrected chi connectivity index (χ2v) is 8.78. The Bertz CT molecular complexity index is 1310. The van der Waals surface area contributed by atoms with Crippen LogP contribution in [-0.2, 0) is 19.4 Å². The van der Waals surface area contributed by atoms with Crippen molar-refractivity contribution in [2.75, 3.05) is 0 Å². The molecule has 0 saturated carbocycles. The van der Waals surface area contributed by atoms with E-state index in [4.69, 9.17) is 0 Å². The molecule has 3 aromatic carbocycles. The predicted octanol–water partition coefficient (Wildman–Crippen LogP) is 5.70. The average molecular weight is 396 g/mol. The van der Waals surface area contributed by atoms with Gasteiger partial charge in [-0.3, -0.25) is 0 Å². The summed E-state index contributed by atoms with van der Waals surface area (Å²) in [5.41, 5.74) is 8.98. The number of nitrogens with zero attached hydrogens (tertiary/aromatic N) is 1. The van der Waals surface area contributed by atoms with Gasteiger partial charge in [-0.15, -0.1) is 11.3 Å². The average Bonchev–Trinajstić information content (AvgIpc) is 3.48. The van der Waals surface area contributed by atoms with E-state index < -0.39 is 0 Å². The van der Waals surface area contributed by atoms with E-state index >= 15 is 0 Å². The van der Waals surface area contributed by atoms with Crippen LogP contribution in [0.15, 0.2) is 72.4 Å². The van der Waals surface area contributed by atoms with Gasteiger partial charge in [-0.05, 0) is 58.7 Å². The Hall–Kier alpha value is -2.95. The number of imidazole rings is 1. The van der Waals surface area contributed by atoms with Crippen molar-refractivity contribution in [3.63, 3.8) is 0 Å². The van der Waals surface area contributed by atoms with E-state index in [0.717, 1.165) is 30.4 Å². The van der Waals surface area contributed by atoms with Crippen molar-refractivity contribution < 1.29 is 0 Å². The van der Waals surface area contributed by atoms with Crippen molar-refractivity contribution in [3.05, 3.63) is 89.1 Å². The molecule has 0 aliphatic heterocycles. The van der Waals surface area contributed by atoms with Crippen LogP contribution in [0.25, 0.3) is 32.2 Å². The Labute approximate surface area is 173 Å². The molecule has 142 valence electrons. The molecule has 1 aliphatic rings. The summed E-state index contributed by atoms with van der Waals surface area (Å²) in [6, 6.07) is 22.7. The first-order chi connectivity index (χ1) is 14.3. The quantitative estimate of drug-likeness (QED) is 0.410. The topological polar surface area (TPSA) is 40.7 Å². The van der Waals surface area contributed by atoms with E-state index in [0.29, 0.717) is 6.04 Å². The third-order valence-electron chi connectivity index (χ3n) is 6.02. The van der Waals surface area contributed by atoms with Crippen molar-refractivity contribution in [3.8, 4) is 11.1 Å². The predicted molar refractivity (Wildman–Crippen MR) is 121 cm³/mol. The lowest BCUT2D eigenvalue weighted by molar-refractivity contribution is 0.533. The zero-order valence-corrected chi connectivity index (χ0v) is 16.8. The van der Waals surface area contributed by atoms with Crippen LogP contribution in [0, 0.1) is 0 Å². The van der Waals surface area contributed by atoms with Crippen LogP contribution < -0.4 is 5.32 Å². The minimum Gasteiger partial charge on any atom is -0.345 e. The molecule has 0 unspecified atom stereocenters. The summed E-state index contributed by atoms with van der Waals surface area (Å²) in [7, 11) is 0. The summed E-state index contributed by atoms with van der Waals surface area (Å²) in [6.45, 7) is 0.919. The summed E-state index contributed by atoms with van der Waals surface area (Å²) in [5, 5.41) is 7.35. The zero-order chi connectivity index (χ0) is 19.2. The van der Waals surface area contributed by atoms with Gasteiger partial charge < -0.3 is 10.3 Å².